The molecular formula is C19H17N3O3. The number of para-hydroxylation sites is 2. The smallest absolute Gasteiger partial charge is 0.329 e. The van der Waals surface area contributed by atoms with E-state index in [1.54, 1.807) is 36.4 Å². The Kier molecular flexibility index (Phi) is 6.32. The molecular weight excluding hydrogens is 318 g/mol. The molecule has 6 heteroatoms. The van der Waals surface area contributed by atoms with Crippen molar-refractivity contribution in [2.75, 3.05) is 11.9 Å². The van der Waals surface area contributed by atoms with E-state index in [-0.39, 0.29) is 6.61 Å². The van der Waals surface area contributed by atoms with E-state index >= 15 is 0 Å². The molecule has 25 heavy (non-hydrogen) atoms. The molecule has 0 unspecified atom stereocenters. The average molecular weight is 335 g/mol. The van der Waals surface area contributed by atoms with Crippen molar-refractivity contribution in [2.45, 2.75) is 6.92 Å². The summed E-state index contributed by atoms with van der Waals surface area (Å²) in [4.78, 5) is 23.7. The van der Waals surface area contributed by atoms with Crippen molar-refractivity contribution in [3.05, 3.63) is 59.7 Å². The number of benzene rings is 2. The predicted molar refractivity (Wildman–Crippen MR) is 96.3 cm³/mol. The van der Waals surface area contributed by atoms with E-state index in [4.69, 9.17) is 11.2 Å². The molecule has 2 N–H and O–H groups in total. The first-order valence-electron chi connectivity index (χ1n) is 7.47. The van der Waals surface area contributed by atoms with Crippen molar-refractivity contribution < 1.29 is 14.3 Å². The highest BCUT2D eigenvalue weighted by Crippen LogP contribution is 2.15. The molecule has 0 atom stereocenters. The van der Waals surface area contributed by atoms with E-state index in [1.807, 2.05) is 19.1 Å². The Morgan fingerprint density at radius 1 is 1.16 bits per heavy atom. The third-order valence-corrected chi connectivity index (χ3v) is 3.20. The van der Waals surface area contributed by atoms with Gasteiger partial charge in [0.15, 0.2) is 0 Å². The van der Waals surface area contributed by atoms with Crippen molar-refractivity contribution in [1.29, 1.82) is 0 Å². The van der Waals surface area contributed by atoms with E-state index in [9.17, 15) is 9.59 Å². The Labute approximate surface area is 145 Å². The summed E-state index contributed by atoms with van der Waals surface area (Å²) in [5, 5.41) is 6.30. The van der Waals surface area contributed by atoms with Crippen LogP contribution in [0.4, 0.5) is 5.69 Å². The minimum absolute atomic E-state index is 0.121. The molecule has 126 valence electrons. The Bertz CT molecular complexity index is 838. The fourth-order valence-electron chi connectivity index (χ4n) is 1.94. The molecule has 0 saturated heterocycles. The lowest BCUT2D eigenvalue weighted by Crippen LogP contribution is -2.32. The van der Waals surface area contributed by atoms with Crippen molar-refractivity contribution in [3.8, 4) is 18.1 Å². The van der Waals surface area contributed by atoms with Gasteiger partial charge in [-0.15, -0.1) is 6.42 Å². The van der Waals surface area contributed by atoms with E-state index in [2.05, 4.69) is 21.8 Å². The second-order valence-electron chi connectivity index (χ2n) is 5.00. The molecule has 0 fully saturated rings. The maximum absolute atomic E-state index is 11.9. The molecule has 2 rings (SSSR count). The van der Waals surface area contributed by atoms with E-state index in [0.29, 0.717) is 17.0 Å². The standard InChI is InChI=1S/C19H17N3O3/c1-3-12-25-17-11-7-5-9-15(17)13-20-22-19(24)18(23)21-16-10-6-4-8-14(16)2/h1,4-11,13H,12H2,2H3,(H,21,23)(H,22,24)/b20-13-. The minimum Gasteiger partial charge on any atom is -0.480 e. The highest BCUT2D eigenvalue weighted by atomic mass is 16.5. The van der Waals surface area contributed by atoms with Gasteiger partial charge in [-0.25, -0.2) is 5.43 Å². The van der Waals surface area contributed by atoms with Gasteiger partial charge in [-0.05, 0) is 30.7 Å². The lowest BCUT2D eigenvalue weighted by Gasteiger charge is -2.07. The summed E-state index contributed by atoms with van der Waals surface area (Å²) in [6.45, 7) is 1.95. The van der Waals surface area contributed by atoms with Crippen LogP contribution in [0.25, 0.3) is 0 Å². The summed E-state index contributed by atoms with van der Waals surface area (Å²) in [5.74, 6) is 1.23. The molecule has 2 amide bonds. The maximum atomic E-state index is 11.9. The number of carbonyl (C=O) groups excluding carboxylic acids is 2. The summed E-state index contributed by atoms with van der Waals surface area (Å²) in [5.41, 5.74) is 4.22. The van der Waals surface area contributed by atoms with Crippen LogP contribution in [0.2, 0.25) is 0 Å². The minimum atomic E-state index is -0.874. The molecule has 2 aromatic rings. The number of nitrogens with zero attached hydrogens (tertiary/aromatic N) is 1. The zero-order valence-electron chi connectivity index (χ0n) is 13.7. The van der Waals surface area contributed by atoms with Gasteiger partial charge in [0.2, 0.25) is 0 Å². The summed E-state index contributed by atoms with van der Waals surface area (Å²) in [6, 6.07) is 14.2. The molecule has 0 aliphatic heterocycles. The number of aryl methyl sites for hydroxylation is 1. The first kappa shape index (κ1) is 17.8. The number of hydrogen-bond donors (Lipinski definition) is 2. The average Bonchev–Trinajstić information content (AvgIpc) is 2.62. The highest BCUT2D eigenvalue weighted by molar-refractivity contribution is 6.39. The van der Waals surface area contributed by atoms with Crippen LogP contribution >= 0.6 is 0 Å². The van der Waals surface area contributed by atoms with Crippen LogP contribution in [0.15, 0.2) is 53.6 Å². The van der Waals surface area contributed by atoms with E-state index in [0.717, 1.165) is 5.56 Å². The van der Waals surface area contributed by atoms with Gasteiger partial charge in [0, 0.05) is 11.3 Å². The Balaban J connectivity index is 1.95. The van der Waals surface area contributed by atoms with Gasteiger partial charge < -0.3 is 10.1 Å². The number of hydrazone groups is 1. The number of terminal acetylenes is 1. The van der Waals surface area contributed by atoms with Gasteiger partial charge in [0.1, 0.15) is 12.4 Å². The van der Waals surface area contributed by atoms with Crippen molar-refractivity contribution in [1.82, 2.24) is 5.43 Å². The number of nitrogens with one attached hydrogen (secondary N) is 2. The molecule has 0 aromatic heterocycles. The lowest BCUT2D eigenvalue weighted by molar-refractivity contribution is -0.136. The van der Waals surface area contributed by atoms with Crippen LogP contribution in [0.5, 0.6) is 5.75 Å². The van der Waals surface area contributed by atoms with Gasteiger partial charge in [0.05, 0.1) is 6.21 Å². The molecule has 0 aliphatic rings. The Hall–Kier alpha value is -3.59. The zero-order valence-corrected chi connectivity index (χ0v) is 13.7. The Morgan fingerprint density at radius 2 is 1.88 bits per heavy atom. The monoisotopic (exact) mass is 335 g/mol. The van der Waals surface area contributed by atoms with E-state index < -0.39 is 11.8 Å². The summed E-state index contributed by atoms with van der Waals surface area (Å²) < 4.78 is 5.36. The summed E-state index contributed by atoms with van der Waals surface area (Å²) >= 11 is 0. The van der Waals surface area contributed by atoms with Crippen LogP contribution in [0.3, 0.4) is 0 Å². The van der Waals surface area contributed by atoms with Crippen LogP contribution in [0, 0.1) is 19.3 Å². The first-order chi connectivity index (χ1) is 12.1. The third-order valence-electron chi connectivity index (χ3n) is 3.20. The molecule has 6 nitrogen and oxygen atoms in total. The molecule has 2 aromatic carbocycles. The normalized spacial score (nSPS) is 10.1. The fourth-order valence-corrected chi connectivity index (χ4v) is 1.94. The number of anilines is 1. The molecule has 0 aliphatic carbocycles. The van der Waals surface area contributed by atoms with Gasteiger partial charge in [-0.3, -0.25) is 9.59 Å². The molecule has 0 radical (unpaired) electrons. The van der Waals surface area contributed by atoms with Crippen LogP contribution in [0.1, 0.15) is 11.1 Å². The van der Waals surface area contributed by atoms with Gasteiger partial charge in [-0.1, -0.05) is 36.3 Å². The molecule has 0 heterocycles. The van der Waals surface area contributed by atoms with Crippen molar-refractivity contribution in [2.24, 2.45) is 5.10 Å². The van der Waals surface area contributed by atoms with Crippen LogP contribution < -0.4 is 15.5 Å². The molecule has 0 bridgehead atoms. The molecule has 0 spiro atoms. The van der Waals surface area contributed by atoms with Crippen LogP contribution in [-0.4, -0.2) is 24.6 Å². The third kappa shape index (κ3) is 5.22. The van der Waals surface area contributed by atoms with Gasteiger partial charge in [-0.2, -0.15) is 5.10 Å². The molecule has 0 saturated carbocycles. The largest absolute Gasteiger partial charge is 0.480 e. The number of hydrogen-bond acceptors (Lipinski definition) is 4. The van der Waals surface area contributed by atoms with Crippen molar-refractivity contribution in [3.63, 3.8) is 0 Å². The second kappa shape index (κ2) is 8.89. The maximum Gasteiger partial charge on any atom is 0.329 e. The predicted octanol–water partition coefficient (Wildman–Crippen LogP) is 2.10. The number of carbonyl (C=O) groups is 2. The zero-order chi connectivity index (χ0) is 18.1. The topological polar surface area (TPSA) is 79.8 Å². The number of rotatable bonds is 5. The van der Waals surface area contributed by atoms with Crippen molar-refractivity contribution >= 4 is 23.7 Å². The van der Waals surface area contributed by atoms with Gasteiger partial charge in [0.25, 0.3) is 0 Å². The SMILES string of the molecule is C#CCOc1ccccc1/C=N\NC(=O)C(=O)Nc1ccccc1C. The second-order valence-corrected chi connectivity index (χ2v) is 5.00. The quantitative estimate of drug-likeness (QED) is 0.380. The first-order valence-corrected chi connectivity index (χ1v) is 7.47. The highest BCUT2D eigenvalue weighted by Gasteiger charge is 2.13. The van der Waals surface area contributed by atoms with Gasteiger partial charge >= 0.3 is 11.8 Å². The lowest BCUT2D eigenvalue weighted by atomic mass is 10.2. The number of ether oxygens (including phenoxy) is 1. The Morgan fingerprint density at radius 3 is 2.64 bits per heavy atom. The fraction of sp³-hybridized carbons (Fsp3) is 0.105. The van der Waals surface area contributed by atoms with E-state index in [1.165, 1.54) is 6.21 Å². The summed E-state index contributed by atoms with van der Waals surface area (Å²) in [7, 11) is 0. The summed E-state index contributed by atoms with van der Waals surface area (Å²) in [6.07, 6.45) is 6.54. The number of amides is 2. The van der Waals surface area contributed by atoms with Crippen LogP contribution in [-0.2, 0) is 9.59 Å².